The number of halogens is 1. The highest BCUT2D eigenvalue weighted by atomic mass is 19.1. The van der Waals surface area contributed by atoms with Crippen LogP contribution in [0.2, 0.25) is 0 Å². The van der Waals surface area contributed by atoms with E-state index in [0.717, 1.165) is 28.5 Å². The van der Waals surface area contributed by atoms with Gasteiger partial charge in [-0.1, -0.05) is 66.7 Å². The normalized spacial score (nSPS) is 23.3. The highest BCUT2D eigenvalue weighted by Gasteiger charge is 2.57. The summed E-state index contributed by atoms with van der Waals surface area (Å²) >= 11 is 0. The number of hydrogen-bond donors (Lipinski definition) is 1. The van der Waals surface area contributed by atoms with Crippen LogP contribution in [0.3, 0.4) is 0 Å². The van der Waals surface area contributed by atoms with Gasteiger partial charge in [-0.3, -0.25) is 0 Å². The molecule has 2 fully saturated rings. The molecule has 4 atom stereocenters. The second-order valence-electron chi connectivity index (χ2n) is 11.9. The van der Waals surface area contributed by atoms with Gasteiger partial charge in [-0.25, -0.2) is 14.4 Å². The van der Waals surface area contributed by atoms with Crippen molar-refractivity contribution in [2.75, 3.05) is 35.4 Å². The van der Waals surface area contributed by atoms with Crippen molar-refractivity contribution in [1.29, 1.82) is 0 Å². The molecule has 2 saturated heterocycles. The molecule has 0 unspecified atom stereocenters. The fourth-order valence-corrected chi connectivity index (χ4v) is 6.23. The maximum Gasteiger partial charge on any atom is 0.164 e. The van der Waals surface area contributed by atoms with E-state index >= 15 is 0 Å². The van der Waals surface area contributed by atoms with Crippen molar-refractivity contribution in [3.05, 3.63) is 102 Å². The molecular weight excluding hydrogens is 561 g/mol. The van der Waals surface area contributed by atoms with Crippen LogP contribution in [0.5, 0.6) is 0 Å². The van der Waals surface area contributed by atoms with Gasteiger partial charge in [-0.2, -0.15) is 0 Å². The van der Waals surface area contributed by atoms with E-state index in [1.165, 1.54) is 23.3 Å². The largest absolute Gasteiger partial charge is 0.374 e. The van der Waals surface area contributed by atoms with Gasteiger partial charge in [-0.05, 0) is 48.2 Å². The lowest BCUT2D eigenvalue weighted by atomic mass is 10.0. The quantitative estimate of drug-likeness (QED) is 0.266. The predicted octanol–water partition coefficient (Wildman–Crippen LogP) is 5.57. The lowest BCUT2D eigenvalue weighted by Crippen LogP contribution is -2.44. The van der Waals surface area contributed by atoms with Gasteiger partial charge in [0.15, 0.2) is 23.7 Å². The first kappa shape index (κ1) is 28.7. The van der Waals surface area contributed by atoms with Crippen LogP contribution in [0.1, 0.15) is 25.0 Å². The Hall–Kier alpha value is -4.09. The van der Waals surface area contributed by atoms with Crippen LogP contribution < -0.4 is 15.1 Å². The average Bonchev–Trinajstić information content (AvgIpc) is 3.68. The van der Waals surface area contributed by atoms with E-state index in [9.17, 15) is 4.39 Å². The number of hydrogen-bond acceptors (Lipinski definition) is 9. The van der Waals surface area contributed by atoms with Crippen LogP contribution >= 0.6 is 0 Å². The molecular formula is C34H36FN5O4. The minimum absolute atomic E-state index is 0.262. The van der Waals surface area contributed by atoms with Crippen molar-refractivity contribution in [2.24, 2.45) is 0 Å². The second-order valence-corrected chi connectivity index (χ2v) is 11.9. The zero-order valence-corrected chi connectivity index (χ0v) is 25.0. The zero-order chi connectivity index (χ0) is 30.3. The minimum atomic E-state index is -0.749. The molecule has 9 nitrogen and oxygen atoms in total. The summed E-state index contributed by atoms with van der Waals surface area (Å²) in [5.41, 5.74) is 5.09. The van der Waals surface area contributed by atoms with E-state index in [2.05, 4.69) is 56.6 Å². The van der Waals surface area contributed by atoms with E-state index in [4.69, 9.17) is 18.9 Å². The molecule has 0 amide bonds. The van der Waals surface area contributed by atoms with Gasteiger partial charge in [0.05, 0.1) is 19.9 Å². The third-order valence-corrected chi connectivity index (χ3v) is 8.22. The van der Waals surface area contributed by atoms with Gasteiger partial charge in [0, 0.05) is 13.6 Å². The molecule has 228 valence electrons. The fraction of sp³-hybridized carbons (Fsp3) is 0.353. The summed E-state index contributed by atoms with van der Waals surface area (Å²) in [6, 6.07) is 25.3. The van der Waals surface area contributed by atoms with Gasteiger partial charge >= 0.3 is 0 Å². The fourth-order valence-electron chi connectivity index (χ4n) is 6.23. The number of nitrogens with zero attached hydrogens (tertiary/aromatic N) is 4. The lowest BCUT2D eigenvalue weighted by molar-refractivity contribution is -0.192. The van der Waals surface area contributed by atoms with E-state index < -0.39 is 12.0 Å². The molecule has 0 aliphatic carbocycles. The van der Waals surface area contributed by atoms with Crippen LogP contribution in [0.15, 0.2) is 85.2 Å². The number of fused-ring (bicyclic) bond motifs is 2. The van der Waals surface area contributed by atoms with Gasteiger partial charge < -0.3 is 34.1 Å². The third kappa shape index (κ3) is 5.73. The molecule has 10 heteroatoms. The SMILES string of the molecule is CN(Cc1cccc(F)c1)c1ncnc2c1NCN2[C@@H]1O[C@H](COCc2ccc(-c3ccccc3)cc2)[C@H]2OC(C)(C)O[C@H]21. The molecule has 1 aromatic heterocycles. The Morgan fingerprint density at radius 1 is 0.955 bits per heavy atom. The Balaban J connectivity index is 1.04. The van der Waals surface area contributed by atoms with Crippen molar-refractivity contribution in [3.8, 4) is 11.1 Å². The maximum absolute atomic E-state index is 13.8. The first-order valence-electron chi connectivity index (χ1n) is 14.9. The summed E-state index contributed by atoms with van der Waals surface area (Å²) in [7, 11) is 1.93. The number of benzene rings is 3. The Morgan fingerprint density at radius 3 is 2.52 bits per heavy atom. The summed E-state index contributed by atoms with van der Waals surface area (Å²) in [5, 5.41) is 3.45. The van der Waals surface area contributed by atoms with E-state index in [1.54, 1.807) is 12.4 Å². The van der Waals surface area contributed by atoms with Crippen molar-refractivity contribution < 1.29 is 23.3 Å². The highest BCUT2D eigenvalue weighted by molar-refractivity contribution is 5.82. The average molecular weight is 598 g/mol. The predicted molar refractivity (Wildman–Crippen MR) is 166 cm³/mol. The van der Waals surface area contributed by atoms with Gasteiger partial charge in [0.2, 0.25) is 0 Å². The summed E-state index contributed by atoms with van der Waals surface area (Å²) in [5.74, 6) is 0.430. The molecule has 0 bridgehead atoms. The molecule has 4 heterocycles. The van der Waals surface area contributed by atoms with Crippen molar-refractivity contribution in [3.63, 3.8) is 0 Å². The smallest absolute Gasteiger partial charge is 0.164 e. The summed E-state index contributed by atoms with van der Waals surface area (Å²) in [6.45, 7) is 5.63. The standard InChI is InChI=1S/C34H36FN5O4/c1-34(2)43-29-27(19-41-18-22-12-14-25(15-13-22)24-9-5-4-6-10-24)42-33(30(29)44-34)40-21-38-28-31(36-20-37-32(28)40)39(3)17-23-8-7-11-26(35)16-23/h4-16,20,27,29-30,33,38H,17-19,21H2,1-3H3/t27-,29-,30-,33-/m1/s1. The monoisotopic (exact) mass is 597 g/mol. The third-order valence-electron chi connectivity index (χ3n) is 8.22. The van der Waals surface area contributed by atoms with Crippen LogP contribution in [-0.4, -0.2) is 60.6 Å². The molecule has 1 N–H and O–H groups in total. The second kappa shape index (κ2) is 11.8. The van der Waals surface area contributed by atoms with E-state index in [-0.39, 0.29) is 24.1 Å². The van der Waals surface area contributed by atoms with E-state index in [1.807, 2.05) is 50.1 Å². The Morgan fingerprint density at radius 2 is 1.73 bits per heavy atom. The van der Waals surface area contributed by atoms with Crippen LogP contribution in [-0.2, 0) is 32.1 Å². The Bertz CT molecular complexity index is 1610. The minimum Gasteiger partial charge on any atom is -0.374 e. The molecule has 0 spiro atoms. The maximum atomic E-state index is 13.8. The van der Waals surface area contributed by atoms with Gasteiger partial charge in [-0.15, -0.1) is 0 Å². The Kier molecular flexibility index (Phi) is 7.67. The van der Waals surface area contributed by atoms with Crippen LogP contribution in [0.25, 0.3) is 11.1 Å². The zero-order valence-electron chi connectivity index (χ0n) is 25.0. The topological polar surface area (TPSA) is 81.2 Å². The number of ether oxygens (including phenoxy) is 4. The van der Waals surface area contributed by atoms with Crippen LogP contribution in [0.4, 0.5) is 21.7 Å². The van der Waals surface area contributed by atoms with E-state index in [0.29, 0.717) is 26.4 Å². The number of rotatable bonds is 9. The number of aromatic nitrogens is 2. The molecule has 3 aromatic carbocycles. The molecule has 3 aliphatic rings. The first-order valence-corrected chi connectivity index (χ1v) is 14.9. The summed E-state index contributed by atoms with van der Waals surface area (Å²) in [6.07, 6.45) is 0.154. The van der Waals surface area contributed by atoms with Crippen molar-refractivity contribution in [2.45, 2.75) is 57.3 Å². The molecule has 7 rings (SSSR count). The van der Waals surface area contributed by atoms with Gasteiger partial charge in [0.25, 0.3) is 0 Å². The molecule has 3 aliphatic heterocycles. The van der Waals surface area contributed by atoms with Crippen molar-refractivity contribution >= 4 is 17.3 Å². The Labute approximate surface area is 256 Å². The van der Waals surface area contributed by atoms with Crippen LogP contribution in [0, 0.1) is 5.82 Å². The molecule has 4 aromatic rings. The lowest BCUT2D eigenvalue weighted by Gasteiger charge is -2.30. The van der Waals surface area contributed by atoms with Gasteiger partial charge in [0.1, 0.15) is 36.1 Å². The van der Waals surface area contributed by atoms with Crippen molar-refractivity contribution in [1.82, 2.24) is 9.97 Å². The summed E-state index contributed by atoms with van der Waals surface area (Å²) in [4.78, 5) is 13.2. The molecule has 0 saturated carbocycles. The number of nitrogens with one attached hydrogen (secondary N) is 1. The molecule has 0 radical (unpaired) electrons. The number of anilines is 3. The first-order chi connectivity index (χ1) is 21.3. The highest BCUT2D eigenvalue weighted by Crippen LogP contribution is 2.44. The molecule has 44 heavy (non-hydrogen) atoms. The summed E-state index contributed by atoms with van der Waals surface area (Å²) < 4.78 is 39.2.